The highest BCUT2D eigenvalue weighted by Crippen LogP contribution is 2.11. The van der Waals surface area contributed by atoms with Crippen LogP contribution in [0, 0.1) is 0 Å². The van der Waals surface area contributed by atoms with E-state index in [4.69, 9.17) is 4.74 Å². The predicted octanol–water partition coefficient (Wildman–Crippen LogP) is 2.76. The lowest BCUT2D eigenvalue weighted by atomic mass is 10.1. The van der Waals surface area contributed by atoms with Crippen LogP contribution in [0.1, 0.15) is 32.4 Å². The molecule has 1 rings (SSSR count). The molecule has 0 aliphatic carbocycles. The fraction of sp³-hybridized carbons (Fsp3) is 0.538. The minimum absolute atomic E-state index is 0.377. The summed E-state index contributed by atoms with van der Waals surface area (Å²) in [6, 6.07) is 11.2. The first kappa shape index (κ1) is 12.2. The van der Waals surface area contributed by atoms with Crippen LogP contribution < -0.4 is 5.32 Å². The van der Waals surface area contributed by atoms with Gasteiger partial charge in [-0.25, -0.2) is 0 Å². The fourth-order valence-electron chi connectivity index (χ4n) is 1.61. The average Bonchev–Trinajstić information content (AvgIpc) is 2.27. The number of rotatable bonds is 6. The van der Waals surface area contributed by atoms with Crippen LogP contribution in [0.15, 0.2) is 30.3 Å². The Morgan fingerprint density at radius 1 is 1.20 bits per heavy atom. The highest BCUT2D eigenvalue weighted by Gasteiger charge is 2.08. The molecule has 2 atom stereocenters. The van der Waals surface area contributed by atoms with Crippen molar-refractivity contribution in [3.8, 4) is 0 Å². The molecule has 1 unspecified atom stereocenters. The Morgan fingerprint density at radius 2 is 1.87 bits per heavy atom. The van der Waals surface area contributed by atoms with Crippen LogP contribution in [0.3, 0.4) is 0 Å². The molecule has 84 valence electrons. The van der Waals surface area contributed by atoms with E-state index in [1.54, 1.807) is 0 Å². The average molecular weight is 207 g/mol. The van der Waals surface area contributed by atoms with E-state index < -0.39 is 0 Å². The molecule has 2 nitrogen and oxygen atoms in total. The summed E-state index contributed by atoms with van der Waals surface area (Å²) in [6.07, 6.45) is 0. The number of benzene rings is 1. The lowest BCUT2D eigenvalue weighted by Crippen LogP contribution is -2.32. The molecule has 0 saturated carbocycles. The van der Waals surface area contributed by atoms with Crippen LogP contribution >= 0.6 is 0 Å². The number of hydrogen-bond donors (Lipinski definition) is 1. The van der Waals surface area contributed by atoms with Gasteiger partial charge < -0.3 is 10.1 Å². The molecule has 0 amide bonds. The second kappa shape index (κ2) is 6.59. The van der Waals surface area contributed by atoms with Crippen molar-refractivity contribution in [2.24, 2.45) is 0 Å². The van der Waals surface area contributed by atoms with E-state index in [2.05, 4.69) is 43.4 Å². The largest absolute Gasteiger partial charge is 0.380 e. The standard InChI is InChI=1S/C13H21NO/c1-4-15-10-11(2)14-12(3)13-8-6-5-7-9-13/h5-9,11-12,14H,4,10H2,1-3H3/t11?,12-/m0/s1. The molecule has 0 aliphatic rings. The van der Waals surface area contributed by atoms with Crippen molar-refractivity contribution in [2.75, 3.05) is 13.2 Å². The van der Waals surface area contributed by atoms with Crippen molar-refractivity contribution >= 4 is 0 Å². The zero-order valence-corrected chi connectivity index (χ0v) is 9.86. The van der Waals surface area contributed by atoms with Crippen LogP contribution in [0.25, 0.3) is 0 Å². The molecule has 0 heterocycles. The highest BCUT2D eigenvalue weighted by molar-refractivity contribution is 5.18. The Hall–Kier alpha value is -0.860. The summed E-state index contributed by atoms with van der Waals surface area (Å²) in [5.74, 6) is 0. The second-order valence-corrected chi connectivity index (χ2v) is 3.86. The first-order valence-corrected chi connectivity index (χ1v) is 5.62. The van der Waals surface area contributed by atoms with Gasteiger partial charge in [0.2, 0.25) is 0 Å². The molecule has 0 radical (unpaired) electrons. The molecule has 0 aliphatic heterocycles. The molecule has 15 heavy (non-hydrogen) atoms. The third-order valence-electron chi connectivity index (χ3n) is 2.41. The monoisotopic (exact) mass is 207 g/mol. The number of hydrogen-bond acceptors (Lipinski definition) is 2. The SMILES string of the molecule is CCOCC(C)N[C@@H](C)c1ccccc1. The molecule has 0 bridgehead atoms. The maximum absolute atomic E-state index is 5.37. The maximum atomic E-state index is 5.37. The van der Waals surface area contributed by atoms with Crippen molar-refractivity contribution in [2.45, 2.75) is 32.9 Å². The van der Waals surface area contributed by atoms with Crippen molar-refractivity contribution in [1.29, 1.82) is 0 Å². The Balaban J connectivity index is 2.38. The van der Waals surface area contributed by atoms with Crippen molar-refractivity contribution in [3.05, 3.63) is 35.9 Å². The number of ether oxygens (including phenoxy) is 1. The quantitative estimate of drug-likeness (QED) is 0.774. The van der Waals surface area contributed by atoms with Gasteiger partial charge in [0.15, 0.2) is 0 Å². The maximum Gasteiger partial charge on any atom is 0.0616 e. The van der Waals surface area contributed by atoms with Gasteiger partial charge in [-0.2, -0.15) is 0 Å². The first-order chi connectivity index (χ1) is 7.24. The van der Waals surface area contributed by atoms with Crippen LogP contribution in [0.2, 0.25) is 0 Å². The third-order valence-corrected chi connectivity index (χ3v) is 2.41. The van der Waals surface area contributed by atoms with Gasteiger partial charge in [0.1, 0.15) is 0 Å². The molecule has 0 aromatic heterocycles. The van der Waals surface area contributed by atoms with Gasteiger partial charge in [-0.1, -0.05) is 30.3 Å². The van der Waals surface area contributed by atoms with Gasteiger partial charge in [0.05, 0.1) is 6.61 Å². The zero-order valence-electron chi connectivity index (χ0n) is 9.86. The van der Waals surface area contributed by atoms with E-state index in [9.17, 15) is 0 Å². The Morgan fingerprint density at radius 3 is 2.47 bits per heavy atom. The lowest BCUT2D eigenvalue weighted by Gasteiger charge is -2.20. The second-order valence-electron chi connectivity index (χ2n) is 3.86. The summed E-state index contributed by atoms with van der Waals surface area (Å²) in [5, 5.41) is 3.51. The van der Waals surface area contributed by atoms with Gasteiger partial charge in [-0.05, 0) is 26.3 Å². The predicted molar refractivity (Wildman–Crippen MR) is 63.9 cm³/mol. The van der Waals surface area contributed by atoms with Crippen LogP contribution in [-0.2, 0) is 4.74 Å². The molecule has 1 aromatic rings. The highest BCUT2D eigenvalue weighted by atomic mass is 16.5. The molecule has 0 fully saturated rings. The zero-order chi connectivity index (χ0) is 11.1. The Labute approximate surface area is 92.6 Å². The van der Waals surface area contributed by atoms with Gasteiger partial charge in [-0.3, -0.25) is 0 Å². The summed E-state index contributed by atoms with van der Waals surface area (Å²) >= 11 is 0. The number of nitrogens with one attached hydrogen (secondary N) is 1. The fourth-order valence-corrected chi connectivity index (χ4v) is 1.61. The van der Waals surface area contributed by atoms with Crippen LogP contribution in [0.4, 0.5) is 0 Å². The van der Waals surface area contributed by atoms with E-state index in [1.807, 2.05) is 13.0 Å². The van der Waals surface area contributed by atoms with E-state index >= 15 is 0 Å². The minimum Gasteiger partial charge on any atom is -0.380 e. The molecule has 2 heteroatoms. The van der Waals surface area contributed by atoms with E-state index in [0.717, 1.165) is 13.2 Å². The Bertz CT molecular complexity index is 260. The molecule has 1 aromatic carbocycles. The van der Waals surface area contributed by atoms with Gasteiger partial charge in [0.25, 0.3) is 0 Å². The molecular weight excluding hydrogens is 186 g/mol. The van der Waals surface area contributed by atoms with Crippen LogP contribution in [-0.4, -0.2) is 19.3 Å². The van der Waals surface area contributed by atoms with E-state index in [0.29, 0.717) is 12.1 Å². The van der Waals surface area contributed by atoms with Gasteiger partial charge in [0, 0.05) is 18.7 Å². The van der Waals surface area contributed by atoms with Crippen molar-refractivity contribution in [1.82, 2.24) is 5.32 Å². The Kier molecular flexibility index (Phi) is 5.37. The summed E-state index contributed by atoms with van der Waals surface area (Å²) < 4.78 is 5.37. The van der Waals surface area contributed by atoms with Gasteiger partial charge >= 0.3 is 0 Å². The first-order valence-electron chi connectivity index (χ1n) is 5.62. The smallest absolute Gasteiger partial charge is 0.0616 e. The normalized spacial score (nSPS) is 14.9. The summed E-state index contributed by atoms with van der Waals surface area (Å²) in [7, 11) is 0. The summed E-state index contributed by atoms with van der Waals surface area (Å²) in [6.45, 7) is 7.90. The summed E-state index contributed by atoms with van der Waals surface area (Å²) in [4.78, 5) is 0. The third kappa shape index (κ3) is 4.45. The van der Waals surface area contributed by atoms with Crippen LogP contribution in [0.5, 0.6) is 0 Å². The molecular formula is C13H21NO. The summed E-state index contributed by atoms with van der Waals surface area (Å²) in [5.41, 5.74) is 1.32. The molecule has 0 spiro atoms. The molecule has 0 saturated heterocycles. The molecule has 1 N–H and O–H groups in total. The van der Waals surface area contributed by atoms with Crippen molar-refractivity contribution < 1.29 is 4.74 Å². The van der Waals surface area contributed by atoms with E-state index in [-0.39, 0.29) is 0 Å². The van der Waals surface area contributed by atoms with Gasteiger partial charge in [-0.15, -0.1) is 0 Å². The van der Waals surface area contributed by atoms with Crippen molar-refractivity contribution in [3.63, 3.8) is 0 Å². The lowest BCUT2D eigenvalue weighted by molar-refractivity contribution is 0.124. The van der Waals surface area contributed by atoms with E-state index in [1.165, 1.54) is 5.56 Å². The topological polar surface area (TPSA) is 21.3 Å². The minimum atomic E-state index is 0.377.